The Kier molecular flexibility index (Phi) is 6.04. The minimum atomic E-state index is -3.97. The Balaban J connectivity index is 1.90. The Labute approximate surface area is 174 Å². The van der Waals surface area contributed by atoms with E-state index in [1.165, 1.54) is 16.8 Å². The highest BCUT2D eigenvalue weighted by Gasteiger charge is 2.20. The van der Waals surface area contributed by atoms with Crippen molar-refractivity contribution in [3.63, 3.8) is 0 Å². The lowest BCUT2D eigenvalue weighted by Crippen LogP contribution is -2.42. The summed E-state index contributed by atoms with van der Waals surface area (Å²) in [6.07, 6.45) is 0. The highest BCUT2D eigenvalue weighted by Crippen LogP contribution is 2.17. The summed E-state index contributed by atoms with van der Waals surface area (Å²) in [6, 6.07) is 12.7. The van der Waals surface area contributed by atoms with Crippen LogP contribution in [0, 0.1) is 0 Å². The lowest BCUT2D eigenvalue weighted by molar-refractivity contribution is 0.0939. The maximum Gasteiger partial charge on any atom is 0.287 e. The van der Waals surface area contributed by atoms with Gasteiger partial charge in [-0.05, 0) is 43.5 Å². The van der Waals surface area contributed by atoms with Gasteiger partial charge in [0.25, 0.3) is 21.5 Å². The summed E-state index contributed by atoms with van der Waals surface area (Å²) in [6.45, 7) is 7.56. The molecule has 8 nitrogen and oxygen atoms in total. The molecular formula is C21H24N4O4S. The van der Waals surface area contributed by atoms with Gasteiger partial charge in [-0.2, -0.15) is 5.10 Å². The molecule has 1 heterocycles. The van der Waals surface area contributed by atoms with E-state index in [0.29, 0.717) is 10.8 Å². The summed E-state index contributed by atoms with van der Waals surface area (Å²) < 4.78 is 26.3. The van der Waals surface area contributed by atoms with Crippen LogP contribution in [0.1, 0.15) is 55.7 Å². The van der Waals surface area contributed by atoms with Crippen LogP contribution in [-0.2, 0) is 10.0 Å². The number of amides is 1. The number of fused-ring (bicyclic) bond motifs is 1. The standard InChI is InChI=1S/C21H24N4O4S/c1-13(2)15-9-11-16(12-10-15)30(28,29)24-22-20(26)19-17-7-5-6-8-18(17)21(27)25(23-19)14(3)4/h5-14,24H,1-4H3,(H,22,26). The maximum absolute atomic E-state index is 12.8. The third-order valence-corrected chi connectivity index (χ3v) is 5.95. The van der Waals surface area contributed by atoms with Crippen molar-refractivity contribution in [2.75, 3.05) is 0 Å². The van der Waals surface area contributed by atoms with Gasteiger partial charge in [0.2, 0.25) is 0 Å². The van der Waals surface area contributed by atoms with E-state index in [4.69, 9.17) is 0 Å². The molecule has 0 aliphatic heterocycles. The van der Waals surface area contributed by atoms with Crippen molar-refractivity contribution in [2.45, 2.75) is 44.6 Å². The van der Waals surface area contributed by atoms with E-state index in [2.05, 4.69) is 15.4 Å². The highest BCUT2D eigenvalue weighted by molar-refractivity contribution is 7.89. The summed E-state index contributed by atoms with van der Waals surface area (Å²) >= 11 is 0. The summed E-state index contributed by atoms with van der Waals surface area (Å²) in [4.78, 5) is 27.5. The number of hydrazine groups is 1. The Hall–Kier alpha value is -3.04. The third-order valence-electron chi connectivity index (χ3n) is 4.69. The molecule has 1 aromatic heterocycles. The average Bonchev–Trinajstić information content (AvgIpc) is 2.72. The number of aromatic nitrogens is 2. The molecule has 3 aromatic rings. The number of hydrogen-bond acceptors (Lipinski definition) is 5. The molecule has 0 saturated carbocycles. The quantitative estimate of drug-likeness (QED) is 0.587. The zero-order valence-corrected chi connectivity index (χ0v) is 18.0. The Morgan fingerprint density at radius 2 is 1.57 bits per heavy atom. The largest absolute Gasteiger partial charge is 0.287 e. The molecular weight excluding hydrogens is 404 g/mol. The molecule has 0 unspecified atom stereocenters. The van der Waals surface area contributed by atoms with Crippen LogP contribution in [0.15, 0.2) is 58.2 Å². The van der Waals surface area contributed by atoms with Gasteiger partial charge in [-0.3, -0.25) is 15.0 Å². The normalized spacial score (nSPS) is 11.9. The van der Waals surface area contributed by atoms with Crippen LogP contribution in [0.4, 0.5) is 0 Å². The Morgan fingerprint density at radius 1 is 0.967 bits per heavy atom. The molecule has 0 spiro atoms. The monoisotopic (exact) mass is 428 g/mol. The third kappa shape index (κ3) is 4.27. The average molecular weight is 429 g/mol. The molecule has 30 heavy (non-hydrogen) atoms. The molecule has 2 N–H and O–H groups in total. The number of carbonyl (C=O) groups is 1. The van der Waals surface area contributed by atoms with Gasteiger partial charge in [0, 0.05) is 5.39 Å². The van der Waals surface area contributed by atoms with Crippen LogP contribution in [0.2, 0.25) is 0 Å². The topological polar surface area (TPSA) is 110 Å². The Bertz CT molecular complexity index is 1250. The van der Waals surface area contributed by atoms with Crippen LogP contribution in [0.5, 0.6) is 0 Å². The molecule has 9 heteroatoms. The van der Waals surface area contributed by atoms with Gasteiger partial charge in [0.15, 0.2) is 5.69 Å². The molecule has 2 aromatic carbocycles. The van der Waals surface area contributed by atoms with Crippen molar-refractivity contribution in [3.05, 3.63) is 70.1 Å². The SMILES string of the molecule is CC(C)c1ccc(S(=O)(=O)NNC(=O)c2nn(C(C)C)c(=O)c3ccccc23)cc1. The van der Waals surface area contributed by atoms with Crippen molar-refractivity contribution in [1.82, 2.24) is 20.0 Å². The first-order valence-electron chi connectivity index (χ1n) is 9.55. The van der Waals surface area contributed by atoms with Crippen molar-refractivity contribution >= 4 is 26.7 Å². The first-order valence-corrected chi connectivity index (χ1v) is 11.0. The van der Waals surface area contributed by atoms with E-state index in [9.17, 15) is 18.0 Å². The van der Waals surface area contributed by atoms with Crippen molar-refractivity contribution in [1.29, 1.82) is 0 Å². The van der Waals surface area contributed by atoms with Crippen molar-refractivity contribution in [2.24, 2.45) is 0 Å². The minimum absolute atomic E-state index is 0.0252. The summed E-state index contributed by atoms with van der Waals surface area (Å²) in [5.74, 6) is -0.492. The summed E-state index contributed by atoms with van der Waals surface area (Å²) in [7, 11) is -3.97. The molecule has 0 aliphatic rings. The second-order valence-electron chi connectivity index (χ2n) is 7.52. The predicted molar refractivity (Wildman–Crippen MR) is 115 cm³/mol. The number of nitrogens with one attached hydrogen (secondary N) is 2. The molecule has 158 valence electrons. The number of rotatable bonds is 6. The second-order valence-corrected chi connectivity index (χ2v) is 9.20. The van der Waals surface area contributed by atoms with E-state index >= 15 is 0 Å². The zero-order chi connectivity index (χ0) is 22.1. The van der Waals surface area contributed by atoms with Gasteiger partial charge in [0.1, 0.15) is 0 Å². The minimum Gasteiger partial charge on any atom is -0.272 e. The summed E-state index contributed by atoms with van der Waals surface area (Å²) in [5, 5.41) is 4.84. The lowest BCUT2D eigenvalue weighted by atomic mass is 10.0. The molecule has 0 fully saturated rings. The van der Waals surface area contributed by atoms with E-state index in [-0.39, 0.29) is 28.1 Å². The van der Waals surface area contributed by atoms with E-state index < -0.39 is 15.9 Å². The van der Waals surface area contributed by atoms with Crippen LogP contribution < -0.4 is 15.8 Å². The van der Waals surface area contributed by atoms with Gasteiger partial charge < -0.3 is 0 Å². The first kappa shape index (κ1) is 21.7. The first-order chi connectivity index (χ1) is 14.1. The maximum atomic E-state index is 12.8. The van der Waals surface area contributed by atoms with Gasteiger partial charge >= 0.3 is 0 Å². The number of nitrogens with zero attached hydrogens (tertiary/aromatic N) is 2. The highest BCUT2D eigenvalue weighted by atomic mass is 32.2. The van der Waals surface area contributed by atoms with E-state index in [1.807, 2.05) is 13.8 Å². The van der Waals surface area contributed by atoms with Gasteiger partial charge in [-0.1, -0.05) is 44.2 Å². The van der Waals surface area contributed by atoms with Crippen LogP contribution in [-0.4, -0.2) is 24.1 Å². The fraction of sp³-hybridized carbons (Fsp3) is 0.286. The number of carbonyl (C=O) groups excluding carboxylic acids is 1. The smallest absolute Gasteiger partial charge is 0.272 e. The molecule has 0 bridgehead atoms. The second kappa shape index (κ2) is 8.37. The van der Waals surface area contributed by atoms with E-state index in [1.54, 1.807) is 50.2 Å². The van der Waals surface area contributed by atoms with Gasteiger partial charge in [-0.15, -0.1) is 4.83 Å². The van der Waals surface area contributed by atoms with E-state index in [0.717, 1.165) is 5.56 Å². The number of benzene rings is 2. The molecule has 1 amide bonds. The number of hydrogen-bond donors (Lipinski definition) is 2. The molecule has 0 aliphatic carbocycles. The lowest BCUT2D eigenvalue weighted by Gasteiger charge is -2.14. The van der Waals surface area contributed by atoms with Crippen molar-refractivity contribution in [3.8, 4) is 0 Å². The van der Waals surface area contributed by atoms with Gasteiger partial charge in [-0.25, -0.2) is 13.1 Å². The van der Waals surface area contributed by atoms with Crippen LogP contribution in [0.3, 0.4) is 0 Å². The molecule has 0 atom stereocenters. The fourth-order valence-electron chi connectivity index (χ4n) is 2.99. The van der Waals surface area contributed by atoms with Crippen LogP contribution >= 0.6 is 0 Å². The van der Waals surface area contributed by atoms with Crippen LogP contribution in [0.25, 0.3) is 10.8 Å². The zero-order valence-electron chi connectivity index (χ0n) is 17.2. The van der Waals surface area contributed by atoms with Gasteiger partial charge in [0.05, 0.1) is 16.3 Å². The summed E-state index contributed by atoms with van der Waals surface area (Å²) in [5.41, 5.74) is 2.84. The molecule has 0 radical (unpaired) electrons. The molecule has 0 saturated heterocycles. The fourth-order valence-corrected chi connectivity index (χ4v) is 3.83. The Morgan fingerprint density at radius 3 is 2.13 bits per heavy atom. The predicted octanol–water partition coefficient (Wildman–Crippen LogP) is 2.72. The number of sulfonamides is 1. The molecule has 3 rings (SSSR count). The van der Waals surface area contributed by atoms with Crippen molar-refractivity contribution < 1.29 is 13.2 Å².